The molecule has 1 aliphatic rings. The van der Waals surface area contributed by atoms with Crippen LogP contribution in [0, 0.1) is 0 Å². The van der Waals surface area contributed by atoms with Crippen molar-refractivity contribution in [3.05, 3.63) is 59.7 Å². The minimum absolute atomic E-state index is 0.00859. The maximum Gasteiger partial charge on any atom is 0.321 e. The minimum Gasteiger partial charge on any atom is -0.368 e. The molecule has 1 saturated heterocycles. The van der Waals surface area contributed by atoms with Gasteiger partial charge in [0.1, 0.15) is 0 Å². The van der Waals surface area contributed by atoms with Crippen molar-refractivity contribution < 1.29 is 4.79 Å². The van der Waals surface area contributed by atoms with Gasteiger partial charge >= 0.3 is 6.03 Å². The van der Waals surface area contributed by atoms with E-state index in [9.17, 15) is 4.79 Å². The topological polar surface area (TPSA) is 35.6 Å². The largest absolute Gasteiger partial charge is 0.368 e. The number of carbonyl (C=O) groups is 1. The van der Waals surface area contributed by atoms with Gasteiger partial charge in [0.05, 0.1) is 0 Å². The Labute approximate surface area is 156 Å². The number of nitrogens with one attached hydrogen (secondary N) is 1. The van der Waals surface area contributed by atoms with E-state index in [4.69, 9.17) is 0 Å². The van der Waals surface area contributed by atoms with Gasteiger partial charge in [0.15, 0.2) is 0 Å². The number of benzene rings is 2. The monoisotopic (exact) mass is 351 g/mol. The molecule has 1 aliphatic heterocycles. The lowest BCUT2D eigenvalue weighted by Crippen LogP contribution is -2.50. The van der Waals surface area contributed by atoms with E-state index in [0.717, 1.165) is 38.3 Å². The molecule has 26 heavy (non-hydrogen) atoms. The van der Waals surface area contributed by atoms with Crippen LogP contribution in [0.5, 0.6) is 0 Å². The lowest BCUT2D eigenvalue weighted by molar-refractivity contribution is 0.208. The van der Waals surface area contributed by atoms with E-state index in [1.165, 1.54) is 16.8 Å². The Balaban J connectivity index is 1.56. The van der Waals surface area contributed by atoms with Gasteiger partial charge in [-0.1, -0.05) is 51.1 Å². The first-order valence-corrected chi connectivity index (χ1v) is 9.57. The van der Waals surface area contributed by atoms with Crippen LogP contribution < -0.4 is 10.2 Å². The molecule has 0 atom stereocenters. The fourth-order valence-corrected chi connectivity index (χ4v) is 3.42. The quantitative estimate of drug-likeness (QED) is 0.864. The maximum absolute atomic E-state index is 12.5. The number of aryl methyl sites for hydroxylation is 1. The number of para-hydroxylation sites is 1. The number of hydrogen-bond acceptors (Lipinski definition) is 2. The normalized spacial score (nSPS) is 14.6. The van der Waals surface area contributed by atoms with Crippen molar-refractivity contribution in [1.82, 2.24) is 4.90 Å². The third kappa shape index (κ3) is 4.18. The van der Waals surface area contributed by atoms with Gasteiger partial charge in [-0.05, 0) is 41.7 Å². The first-order valence-electron chi connectivity index (χ1n) is 9.57. The summed E-state index contributed by atoms with van der Waals surface area (Å²) < 4.78 is 0. The maximum atomic E-state index is 12.5. The number of amides is 2. The summed E-state index contributed by atoms with van der Waals surface area (Å²) in [5, 5.41) is 3.02. The second-order valence-corrected chi connectivity index (χ2v) is 7.16. The molecular formula is C22H29N3O. The highest BCUT2D eigenvalue weighted by Crippen LogP contribution is 2.23. The van der Waals surface area contributed by atoms with Crippen LogP contribution in [0.4, 0.5) is 16.2 Å². The van der Waals surface area contributed by atoms with E-state index in [1.54, 1.807) is 0 Å². The van der Waals surface area contributed by atoms with Crippen molar-refractivity contribution in [2.24, 2.45) is 0 Å². The van der Waals surface area contributed by atoms with Crippen LogP contribution in [0.3, 0.4) is 0 Å². The Morgan fingerprint density at radius 2 is 1.65 bits per heavy atom. The van der Waals surface area contributed by atoms with Crippen LogP contribution in [-0.2, 0) is 6.42 Å². The van der Waals surface area contributed by atoms with Gasteiger partial charge in [0.25, 0.3) is 0 Å². The second kappa shape index (κ2) is 8.26. The molecule has 2 aromatic rings. The highest BCUT2D eigenvalue weighted by Gasteiger charge is 2.22. The first kappa shape index (κ1) is 18.3. The molecule has 0 saturated carbocycles. The Bertz CT molecular complexity index is 731. The van der Waals surface area contributed by atoms with Crippen molar-refractivity contribution in [3.63, 3.8) is 0 Å². The number of rotatable bonds is 4. The summed E-state index contributed by atoms with van der Waals surface area (Å²) in [5.74, 6) is 0.499. The van der Waals surface area contributed by atoms with Crippen molar-refractivity contribution in [1.29, 1.82) is 0 Å². The number of nitrogens with zero attached hydrogens (tertiary/aromatic N) is 2. The molecule has 0 unspecified atom stereocenters. The molecule has 2 aromatic carbocycles. The lowest BCUT2D eigenvalue weighted by atomic mass is 10.0. The average molecular weight is 351 g/mol. The van der Waals surface area contributed by atoms with E-state index in [0.29, 0.717) is 5.92 Å². The smallest absolute Gasteiger partial charge is 0.321 e. The molecule has 0 radical (unpaired) electrons. The average Bonchev–Trinajstić information content (AvgIpc) is 2.68. The van der Waals surface area contributed by atoms with Gasteiger partial charge in [-0.15, -0.1) is 0 Å². The number of hydrogen-bond donors (Lipinski definition) is 1. The molecule has 2 amide bonds. The van der Waals surface area contributed by atoms with Crippen LogP contribution >= 0.6 is 0 Å². The molecule has 1 fully saturated rings. The van der Waals surface area contributed by atoms with E-state index in [2.05, 4.69) is 67.4 Å². The summed E-state index contributed by atoms with van der Waals surface area (Å²) in [7, 11) is 0. The van der Waals surface area contributed by atoms with Gasteiger partial charge in [0, 0.05) is 37.6 Å². The van der Waals surface area contributed by atoms with Gasteiger partial charge < -0.3 is 15.1 Å². The zero-order valence-corrected chi connectivity index (χ0v) is 16.0. The van der Waals surface area contributed by atoms with Gasteiger partial charge in [-0.3, -0.25) is 0 Å². The second-order valence-electron chi connectivity index (χ2n) is 7.16. The third-order valence-electron chi connectivity index (χ3n) is 5.11. The summed E-state index contributed by atoms with van der Waals surface area (Å²) in [4.78, 5) is 16.8. The van der Waals surface area contributed by atoms with Crippen molar-refractivity contribution in [3.8, 4) is 0 Å². The molecule has 1 heterocycles. The Morgan fingerprint density at radius 3 is 2.27 bits per heavy atom. The Morgan fingerprint density at radius 1 is 1.00 bits per heavy atom. The van der Waals surface area contributed by atoms with E-state index >= 15 is 0 Å². The molecule has 138 valence electrons. The number of carbonyl (C=O) groups excluding carboxylic acids is 1. The molecule has 3 rings (SSSR count). The van der Waals surface area contributed by atoms with Crippen LogP contribution in [-0.4, -0.2) is 37.1 Å². The summed E-state index contributed by atoms with van der Waals surface area (Å²) in [6.45, 7) is 9.76. The zero-order chi connectivity index (χ0) is 18.5. The van der Waals surface area contributed by atoms with Gasteiger partial charge in [0.2, 0.25) is 0 Å². The zero-order valence-electron chi connectivity index (χ0n) is 16.0. The molecule has 0 spiro atoms. The van der Waals surface area contributed by atoms with Gasteiger partial charge in [-0.25, -0.2) is 4.79 Å². The summed E-state index contributed by atoms with van der Waals surface area (Å²) in [6.07, 6.45) is 1.03. The minimum atomic E-state index is -0.00859. The molecule has 1 N–H and O–H groups in total. The molecule has 0 aliphatic carbocycles. The Kier molecular flexibility index (Phi) is 5.82. The third-order valence-corrected chi connectivity index (χ3v) is 5.11. The van der Waals surface area contributed by atoms with Crippen LogP contribution in [0.2, 0.25) is 0 Å². The standard InChI is InChI=1S/C22H29N3O/c1-4-18-7-5-6-8-21(18)24-13-15-25(16-14-24)22(26)23-20-11-9-19(10-12-20)17(2)3/h5-12,17H,4,13-16H2,1-3H3,(H,23,26). The summed E-state index contributed by atoms with van der Waals surface area (Å²) in [6, 6.07) is 16.7. The number of urea groups is 1. The lowest BCUT2D eigenvalue weighted by Gasteiger charge is -2.37. The van der Waals surface area contributed by atoms with E-state index in [1.807, 2.05) is 17.0 Å². The van der Waals surface area contributed by atoms with Crippen LogP contribution in [0.1, 0.15) is 37.8 Å². The van der Waals surface area contributed by atoms with Crippen molar-refractivity contribution in [2.45, 2.75) is 33.1 Å². The highest BCUT2D eigenvalue weighted by atomic mass is 16.2. The summed E-state index contributed by atoms with van der Waals surface area (Å²) >= 11 is 0. The number of piperazine rings is 1. The number of anilines is 2. The van der Waals surface area contributed by atoms with E-state index in [-0.39, 0.29) is 6.03 Å². The van der Waals surface area contributed by atoms with Crippen molar-refractivity contribution >= 4 is 17.4 Å². The predicted octanol–water partition coefficient (Wildman–Crippen LogP) is 4.73. The van der Waals surface area contributed by atoms with Crippen LogP contribution in [0.25, 0.3) is 0 Å². The van der Waals surface area contributed by atoms with E-state index < -0.39 is 0 Å². The predicted molar refractivity (Wildman–Crippen MR) is 109 cm³/mol. The molecule has 4 heteroatoms. The first-order chi connectivity index (χ1) is 12.6. The fourth-order valence-electron chi connectivity index (χ4n) is 3.42. The highest BCUT2D eigenvalue weighted by molar-refractivity contribution is 5.89. The fraction of sp³-hybridized carbons (Fsp3) is 0.409. The summed E-state index contributed by atoms with van der Waals surface area (Å²) in [5.41, 5.74) is 4.82. The van der Waals surface area contributed by atoms with Crippen LogP contribution in [0.15, 0.2) is 48.5 Å². The molecule has 0 bridgehead atoms. The SMILES string of the molecule is CCc1ccccc1N1CCN(C(=O)Nc2ccc(C(C)C)cc2)CC1. The van der Waals surface area contributed by atoms with Crippen molar-refractivity contribution in [2.75, 3.05) is 36.4 Å². The molecule has 4 nitrogen and oxygen atoms in total. The Hall–Kier alpha value is -2.49. The molecular weight excluding hydrogens is 322 g/mol. The molecule has 0 aromatic heterocycles. The van der Waals surface area contributed by atoms with Gasteiger partial charge in [-0.2, -0.15) is 0 Å².